The van der Waals surface area contributed by atoms with Crippen molar-refractivity contribution in [3.05, 3.63) is 235 Å². The fourth-order valence-corrected chi connectivity index (χ4v) is 12.9. The Morgan fingerprint density at radius 1 is 0.400 bits per heavy atom. The van der Waals surface area contributed by atoms with Gasteiger partial charge >= 0.3 is 0 Å². The summed E-state index contributed by atoms with van der Waals surface area (Å²) in [7, 11) is 0. The van der Waals surface area contributed by atoms with E-state index in [4.69, 9.17) is 8.83 Å². The van der Waals surface area contributed by atoms with Gasteiger partial charge < -0.3 is 27.4 Å². The van der Waals surface area contributed by atoms with E-state index in [2.05, 4.69) is 233 Å². The van der Waals surface area contributed by atoms with Crippen LogP contribution in [0.3, 0.4) is 0 Å². The van der Waals surface area contributed by atoms with E-state index >= 15 is 0 Å². The molecule has 10 aromatic carbocycles. The quantitative estimate of drug-likeness (QED) is 0.142. The maximum absolute atomic E-state index is 6.77. The number of nitrogens with zero attached hydrogens (tertiary/aromatic N) is 4. The zero-order valence-electron chi connectivity index (χ0n) is 41.5. The van der Waals surface area contributed by atoms with Crippen LogP contribution in [-0.4, -0.2) is 8.80 Å². The van der Waals surface area contributed by atoms with Crippen LogP contribution in [0.15, 0.2) is 222 Å². The van der Waals surface area contributed by atoms with Crippen LogP contribution in [0.4, 0.5) is 34.1 Å². The van der Waals surface area contributed by atoms with Crippen LogP contribution in [-0.2, 0) is 0 Å². The van der Waals surface area contributed by atoms with Crippen molar-refractivity contribution in [3.63, 3.8) is 0 Å². The van der Waals surface area contributed by atoms with Gasteiger partial charge in [-0.3, -0.25) is 0 Å². The van der Waals surface area contributed by atoms with Crippen LogP contribution >= 0.6 is 0 Å². The normalized spacial score (nSPS) is 12.5. The van der Waals surface area contributed by atoms with Crippen LogP contribution in [0.5, 0.6) is 0 Å². The Bertz CT molecular complexity index is 5100. The van der Waals surface area contributed by atoms with Crippen molar-refractivity contribution in [2.24, 2.45) is 0 Å². The van der Waals surface area contributed by atoms with E-state index in [1.165, 1.54) is 76.3 Å². The summed E-state index contributed by atoms with van der Waals surface area (Å²) in [5.41, 5.74) is 19.5. The highest BCUT2D eigenvalue weighted by Crippen LogP contribution is 2.52. The summed E-state index contributed by atoms with van der Waals surface area (Å²) >= 11 is 0. The van der Waals surface area contributed by atoms with Gasteiger partial charge in [0.15, 0.2) is 11.2 Å². The number of anilines is 6. The van der Waals surface area contributed by atoms with Gasteiger partial charge in [0.05, 0.1) is 55.8 Å². The number of aryl methyl sites for hydroxylation is 3. The number of benzene rings is 10. The summed E-state index contributed by atoms with van der Waals surface area (Å²) in [6, 6.07) is 71.1. The minimum atomic E-state index is 0.846. The van der Waals surface area contributed by atoms with E-state index in [9.17, 15) is 0 Å². The molecule has 0 aliphatic rings. The van der Waals surface area contributed by atoms with Gasteiger partial charge in [0.25, 0.3) is 0 Å². The average Bonchev–Trinajstić information content (AvgIpc) is 4.28. The predicted octanol–water partition coefficient (Wildman–Crippen LogP) is 19.7. The molecule has 0 amide bonds. The van der Waals surface area contributed by atoms with E-state index in [0.717, 1.165) is 89.4 Å². The SMILES string of the molecule is C=C/C=C\c1c(C)oc2c(N(c3cccc(C)c3)c3cccc4c3c3cccc5c6cc7c(cc6n4c53)c3cccc4c5c(N(c6cccc(C)c6)c6cccc8c6oc6ccccc68)cccc5n7c34)cccc12. The van der Waals surface area contributed by atoms with E-state index in [1.807, 2.05) is 25.1 Å². The fraction of sp³-hybridized carbons (Fsp3) is 0.0435. The van der Waals surface area contributed by atoms with E-state index < -0.39 is 0 Å². The summed E-state index contributed by atoms with van der Waals surface area (Å²) in [4.78, 5) is 4.80. The number of hydrogen-bond donors (Lipinski definition) is 0. The van der Waals surface area contributed by atoms with Gasteiger partial charge in [0, 0.05) is 76.2 Å². The highest BCUT2D eigenvalue weighted by molar-refractivity contribution is 6.31. The van der Waals surface area contributed by atoms with Crippen LogP contribution in [0.2, 0.25) is 0 Å². The number of furan rings is 2. The molecule has 0 bridgehead atoms. The molecule has 0 saturated heterocycles. The summed E-state index contributed by atoms with van der Waals surface area (Å²) in [6.45, 7) is 10.3. The van der Waals surface area contributed by atoms with Gasteiger partial charge in [-0.05, 0) is 111 Å². The van der Waals surface area contributed by atoms with Crippen molar-refractivity contribution >= 4 is 149 Å². The first-order valence-corrected chi connectivity index (χ1v) is 25.7. The summed E-state index contributed by atoms with van der Waals surface area (Å²) in [6.07, 6.45) is 5.88. The zero-order valence-corrected chi connectivity index (χ0v) is 41.5. The third-order valence-electron chi connectivity index (χ3n) is 15.9. The molecule has 354 valence electrons. The van der Waals surface area contributed by atoms with Crippen molar-refractivity contribution < 1.29 is 8.83 Å². The minimum Gasteiger partial charge on any atom is -0.459 e. The molecule has 0 radical (unpaired) electrons. The Morgan fingerprint density at radius 2 is 0.867 bits per heavy atom. The maximum Gasteiger partial charge on any atom is 0.159 e. The van der Waals surface area contributed by atoms with Crippen molar-refractivity contribution in [3.8, 4) is 0 Å². The summed E-state index contributed by atoms with van der Waals surface area (Å²) < 4.78 is 18.5. The Hall–Kier alpha value is -9.78. The molecule has 0 N–H and O–H groups in total. The van der Waals surface area contributed by atoms with Crippen LogP contribution < -0.4 is 9.80 Å². The third kappa shape index (κ3) is 5.68. The highest BCUT2D eigenvalue weighted by atomic mass is 16.3. The molecule has 6 nitrogen and oxygen atoms in total. The molecular formula is C69H46N4O2. The molecule has 0 spiro atoms. The zero-order chi connectivity index (χ0) is 49.8. The van der Waals surface area contributed by atoms with Gasteiger partial charge in [0.2, 0.25) is 0 Å². The lowest BCUT2D eigenvalue weighted by molar-refractivity contribution is 0.578. The Labute approximate surface area is 430 Å². The molecule has 6 aromatic heterocycles. The van der Waals surface area contributed by atoms with Crippen LogP contribution in [0, 0.1) is 20.8 Å². The Balaban J connectivity index is 0.949. The second kappa shape index (κ2) is 15.4. The topological polar surface area (TPSA) is 41.6 Å². The first-order chi connectivity index (χ1) is 36.9. The lowest BCUT2D eigenvalue weighted by Gasteiger charge is -2.27. The largest absolute Gasteiger partial charge is 0.459 e. The van der Waals surface area contributed by atoms with Crippen LogP contribution in [0.1, 0.15) is 22.5 Å². The van der Waals surface area contributed by atoms with Gasteiger partial charge in [-0.2, -0.15) is 0 Å². The number of hydrogen-bond acceptors (Lipinski definition) is 4. The van der Waals surface area contributed by atoms with Gasteiger partial charge in [-0.1, -0.05) is 140 Å². The van der Waals surface area contributed by atoms with E-state index in [1.54, 1.807) is 0 Å². The molecule has 6 heterocycles. The fourth-order valence-electron chi connectivity index (χ4n) is 12.9. The molecule has 0 aliphatic heterocycles. The average molecular weight is 963 g/mol. The number of aromatic nitrogens is 2. The maximum atomic E-state index is 6.77. The smallest absolute Gasteiger partial charge is 0.159 e. The standard InChI is InChI=1S/C69H46N4O2/c1-5-6-21-45-42(4)74-68-49(45)25-13-33-59(68)70(43-19-9-17-40(2)36-43)55-29-15-31-57-64(55)51-27-11-23-47-53-39-62-54(38-61(53)72(57)66(47)51)48-24-12-28-52-65-56(30-16-32-58(65)73(62)67(48)52)71(44-20-10-18-41(3)37-44)60-34-14-26-50-46-22-7-8-35-63(46)75-69(50)60/h5-39H,1H2,2-4H3/b21-6-. The third-order valence-corrected chi connectivity index (χ3v) is 15.9. The summed E-state index contributed by atoms with van der Waals surface area (Å²) in [5.74, 6) is 0.870. The predicted molar refractivity (Wildman–Crippen MR) is 316 cm³/mol. The molecule has 6 heteroatoms. The number of fused-ring (bicyclic) bond motifs is 16. The monoisotopic (exact) mass is 962 g/mol. The highest BCUT2D eigenvalue weighted by Gasteiger charge is 2.29. The van der Waals surface area contributed by atoms with Gasteiger partial charge in [-0.25, -0.2) is 0 Å². The Kier molecular flexibility index (Phi) is 8.57. The molecule has 0 saturated carbocycles. The first-order valence-electron chi connectivity index (χ1n) is 25.7. The molecule has 75 heavy (non-hydrogen) atoms. The van der Waals surface area contributed by atoms with Crippen molar-refractivity contribution in [2.45, 2.75) is 20.8 Å². The molecule has 16 rings (SSSR count). The molecule has 0 aliphatic carbocycles. The number of rotatable bonds is 8. The van der Waals surface area contributed by atoms with Crippen LogP contribution in [0.25, 0.3) is 115 Å². The van der Waals surface area contributed by atoms with Crippen molar-refractivity contribution in [2.75, 3.05) is 9.80 Å². The number of para-hydroxylation sites is 5. The summed E-state index contributed by atoms with van der Waals surface area (Å²) in [5, 5.41) is 13.0. The second-order valence-electron chi connectivity index (χ2n) is 20.2. The molecule has 0 unspecified atom stereocenters. The van der Waals surface area contributed by atoms with E-state index in [-0.39, 0.29) is 0 Å². The van der Waals surface area contributed by atoms with Crippen molar-refractivity contribution in [1.82, 2.24) is 8.80 Å². The van der Waals surface area contributed by atoms with Crippen molar-refractivity contribution in [1.29, 1.82) is 0 Å². The second-order valence-corrected chi connectivity index (χ2v) is 20.2. The Morgan fingerprint density at radius 3 is 1.44 bits per heavy atom. The molecular weight excluding hydrogens is 917 g/mol. The molecule has 0 fully saturated rings. The lowest BCUT2D eigenvalue weighted by atomic mass is 10.0. The minimum absolute atomic E-state index is 0.846. The molecule has 0 atom stereocenters. The van der Waals surface area contributed by atoms with Gasteiger partial charge in [0.1, 0.15) is 11.3 Å². The number of allylic oxidation sites excluding steroid dienone is 2. The van der Waals surface area contributed by atoms with E-state index in [0.29, 0.717) is 0 Å². The lowest BCUT2D eigenvalue weighted by Crippen LogP contribution is -2.11. The molecule has 16 aromatic rings. The first kappa shape index (κ1) is 41.8. The van der Waals surface area contributed by atoms with Gasteiger partial charge in [-0.15, -0.1) is 0 Å².